The van der Waals surface area contributed by atoms with E-state index >= 15 is 0 Å². The zero-order chi connectivity index (χ0) is 22.5. The predicted octanol–water partition coefficient (Wildman–Crippen LogP) is 3.68. The molecule has 1 saturated heterocycles. The molecule has 2 heterocycles. The number of benzene rings is 1. The summed E-state index contributed by atoms with van der Waals surface area (Å²) in [7, 11) is 0. The third kappa shape index (κ3) is 4.78. The Morgan fingerprint density at radius 2 is 2.06 bits per heavy atom. The highest BCUT2D eigenvalue weighted by molar-refractivity contribution is 5.95. The number of carbonyl (C=O) groups is 1. The topological polar surface area (TPSA) is 110 Å². The molecule has 0 atom stereocenters. The Hall–Kier alpha value is -3.72. The normalized spacial score (nSPS) is 18.0. The second kappa shape index (κ2) is 9.61. The summed E-state index contributed by atoms with van der Waals surface area (Å²) in [6.07, 6.45) is 6.69. The SMILES string of the molecule is Cc1occc1C(=O)NN=CC1=C(N2CCOCC2)C(=Cc2cccc([N+](=O)[O-])c2)CC1. The number of ether oxygens (including phenoxy) is 1. The number of hydrogen-bond donors (Lipinski definition) is 1. The first-order valence-corrected chi connectivity index (χ1v) is 10.4. The lowest BCUT2D eigenvalue weighted by atomic mass is 10.1. The van der Waals surface area contributed by atoms with E-state index in [1.165, 1.54) is 12.3 Å². The number of aryl methyl sites for hydroxylation is 1. The second-order valence-electron chi connectivity index (χ2n) is 7.58. The molecule has 32 heavy (non-hydrogen) atoms. The lowest BCUT2D eigenvalue weighted by Crippen LogP contribution is -2.36. The second-order valence-corrected chi connectivity index (χ2v) is 7.58. The molecule has 0 spiro atoms. The van der Waals surface area contributed by atoms with Crippen molar-refractivity contribution < 1.29 is 18.9 Å². The molecular formula is C23H24N4O5. The lowest BCUT2D eigenvalue weighted by Gasteiger charge is -2.31. The molecular weight excluding hydrogens is 412 g/mol. The van der Waals surface area contributed by atoms with E-state index in [1.54, 1.807) is 31.3 Å². The van der Waals surface area contributed by atoms with Crippen molar-refractivity contribution >= 4 is 23.9 Å². The van der Waals surface area contributed by atoms with Gasteiger partial charge in [0, 0.05) is 30.9 Å². The summed E-state index contributed by atoms with van der Waals surface area (Å²) >= 11 is 0. The maximum atomic E-state index is 12.3. The third-order valence-corrected chi connectivity index (χ3v) is 5.51. The van der Waals surface area contributed by atoms with Crippen molar-refractivity contribution in [3.63, 3.8) is 0 Å². The van der Waals surface area contributed by atoms with Crippen LogP contribution >= 0.6 is 0 Å². The van der Waals surface area contributed by atoms with E-state index in [9.17, 15) is 14.9 Å². The quantitative estimate of drug-likeness (QED) is 0.420. The van der Waals surface area contributed by atoms with Crippen LogP contribution in [0.4, 0.5) is 5.69 Å². The molecule has 1 aliphatic carbocycles. The van der Waals surface area contributed by atoms with Crippen molar-refractivity contribution in [2.24, 2.45) is 5.10 Å². The Labute approximate surface area is 185 Å². The standard InChI is InChI=1S/C23H24N4O5/c1-16-21(7-10-32-16)23(28)25-24-15-19-6-5-18(22(19)26-8-11-31-12-9-26)13-17-3-2-4-20(14-17)27(29)30/h2-4,7,10,13-15H,5-6,8-9,11-12H2,1H3,(H,25,28). The van der Waals surface area contributed by atoms with E-state index in [1.807, 2.05) is 12.1 Å². The number of carbonyl (C=O) groups excluding carboxylic acids is 1. The average Bonchev–Trinajstić information content (AvgIpc) is 3.40. The average molecular weight is 436 g/mol. The number of nitrogens with zero attached hydrogens (tertiary/aromatic N) is 3. The smallest absolute Gasteiger partial charge is 0.274 e. The van der Waals surface area contributed by atoms with Gasteiger partial charge in [-0.05, 0) is 48.6 Å². The molecule has 2 aromatic rings. The number of furan rings is 1. The fourth-order valence-electron chi connectivity index (χ4n) is 3.95. The van der Waals surface area contributed by atoms with Gasteiger partial charge in [0.15, 0.2) is 0 Å². The largest absolute Gasteiger partial charge is 0.469 e. The van der Waals surface area contributed by atoms with Crippen molar-refractivity contribution in [1.29, 1.82) is 0 Å². The number of amides is 1. The van der Waals surface area contributed by atoms with Gasteiger partial charge in [0.2, 0.25) is 0 Å². The number of nitrogens with one attached hydrogen (secondary N) is 1. The summed E-state index contributed by atoms with van der Waals surface area (Å²) in [6.45, 7) is 4.49. The van der Waals surface area contributed by atoms with Crippen molar-refractivity contribution in [3.05, 3.63) is 80.4 Å². The van der Waals surface area contributed by atoms with Crippen LogP contribution in [0.5, 0.6) is 0 Å². The van der Waals surface area contributed by atoms with Gasteiger partial charge in [-0.25, -0.2) is 5.43 Å². The molecule has 4 rings (SSSR count). The summed E-state index contributed by atoms with van der Waals surface area (Å²) in [5.41, 5.74) is 7.00. The predicted molar refractivity (Wildman–Crippen MR) is 119 cm³/mol. The minimum absolute atomic E-state index is 0.0632. The number of rotatable bonds is 6. The minimum Gasteiger partial charge on any atom is -0.469 e. The zero-order valence-corrected chi connectivity index (χ0v) is 17.7. The van der Waals surface area contributed by atoms with Gasteiger partial charge >= 0.3 is 0 Å². The van der Waals surface area contributed by atoms with Crippen molar-refractivity contribution in [3.8, 4) is 0 Å². The number of morpholine rings is 1. The zero-order valence-electron chi connectivity index (χ0n) is 17.7. The fraction of sp³-hybridized carbons (Fsp3) is 0.304. The molecule has 0 radical (unpaired) electrons. The van der Waals surface area contributed by atoms with E-state index in [2.05, 4.69) is 15.4 Å². The van der Waals surface area contributed by atoms with Crippen LogP contribution in [0.1, 0.15) is 34.5 Å². The van der Waals surface area contributed by atoms with Gasteiger partial charge in [-0.2, -0.15) is 5.10 Å². The molecule has 2 aliphatic rings. The molecule has 1 aliphatic heterocycles. The Bertz CT molecular complexity index is 1110. The van der Waals surface area contributed by atoms with Crippen LogP contribution < -0.4 is 5.43 Å². The van der Waals surface area contributed by atoms with Crippen LogP contribution in [0.2, 0.25) is 0 Å². The van der Waals surface area contributed by atoms with Gasteiger partial charge in [-0.1, -0.05) is 12.1 Å². The summed E-state index contributed by atoms with van der Waals surface area (Å²) in [4.78, 5) is 25.3. The molecule has 0 unspecified atom stereocenters. The highest BCUT2D eigenvalue weighted by atomic mass is 16.6. The summed E-state index contributed by atoms with van der Waals surface area (Å²) < 4.78 is 10.7. The van der Waals surface area contributed by atoms with E-state index in [-0.39, 0.29) is 11.6 Å². The molecule has 0 saturated carbocycles. The van der Waals surface area contributed by atoms with Crippen LogP contribution in [0.25, 0.3) is 6.08 Å². The number of nitro groups is 1. The summed E-state index contributed by atoms with van der Waals surface area (Å²) in [6, 6.07) is 8.21. The monoisotopic (exact) mass is 436 g/mol. The van der Waals surface area contributed by atoms with E-state index in [4.69, 9.17) is 9.15 Å². The van der Waals surface area contributed by atoms with Crippen LogP contribution in [0, 0.1) is 17.0 Å². The first-order chi connectivity index (χ1) is 15.5. The number of hydrogen-bond acceptors (Lipinski definition) is 7. The van der Waals surface area contributed by atoms with Gasteiger partial charge in [-0.15, -0.1) is 0 Å². The number of allylic oxidation sites excluding steroid dienone is 2. The molecule has 1 fully saturated rings. The number of non-ortho nitro benzene ring substituents is 1. The Morgan fingerprint density at radius 3 is 2.78 bits per heavy atom. The maximum Gasteiger partial charge on any atom is 0.274 e. The van der Waals surface area contributed by atoms with Gasteiger partial charge in [0.05, 0.1) is 36.2 Å². The molecule has 1 aromatic carbocycles. The highest BCUT2D eigenvalue weighted by Gasteiger charge is 2.25. The van der Waals surface area contributed by atoms with Crippen LogP contribution in [0.3, 0.4) is 0 Å². The highest BCUT2D eigenvalue weighted by Crippen LogP contribution is 2.35. The van der Waals surface area contributed by atoms with Crippen molar-refractivity contribution in [1.82, 2.24) is 10.3 Å². The molecule has 1 aromatic heterocycles. The first-order valence-electron chi connectivity index (χ1n) is 10.4. The molecule has 0 bridgehead atoms. The van der Waals surface area contributed by atoms with Gasteiger partial charge < -0.3 is 14.1 Å². The van der Waals surface area contributed by atoms with Gasteiger partial charge in [-0.3, -0.25) is 14.9 Å². The summed E-state index contributed by atoms with van der Waals surface area (Å²) in [5, 5.41) is 15.3. The molecule has 9 heteroatoms. The van der Waals surface area contributed by atoms with E-state index in [0.717, 1.165) is 48.3 Å². The van der Waals surface area contributed by atoms with E-state index < -0.39 is 4.92 Å². The fourth-order valence-corrected chi connectivity index (χ4v) is 3.95. The minimum atomic E-state index is -0.391. The number of hydrazone groups is 1. The molecule has 166 valence electrons. The maximum absolute atomic E-state index is 12.3. The van der Waals surface area contributed by atoms with Crippen molar-refractivity contribution in [2.75, 3.05) is 26.3 Å². The Kier molecular flexibility index (Phi) is 6.46. The van der Waals surface area contributed by atoms with Crippen molar-refractivity contribution in [2.45, 2.75) is 19.8 Å². The third-order valence-electron chi connectivity index (χ3n) is 5.51. The van der Waals surface area contributed by atoms with Gasteiger partial charge in [0.1, 0.15) is 5.76 Å². The molecule has 9 nitrogen and oxygen atoms in total. The molecule has 1 N–H and O–H groups in total. The lowest BCUT2D eigenvalue weighted by molar-refractivity contribution is -0.384. The van der Waals surface area contributed by atoms with Gasteiger partial charge in [0.25, 0.3) is 11.6 Å². The van der Waals surface area contributed by atoms with Crippen LogP contribution in [-0.2, 0) is 4.74 Å². The Morgan fingerprint density at radius 1 is 1.25 bits per heavy atom. The molecule has 1 amide bonds. The van der Waals surface area contributed by atoms with Crippen LogP contribution in [0.15, 0.2) is 63.0 Å². The first kappa shape index (κ1) is 21.5. The van der Waals surface area contributed by atoms with Crippen LogP contribution in [-0.4, -0.2) is 48.2 Å². The Balaban J connectivity index is 1.60. The van der Waals surface area contributed by atoms with E-state index in [0.29, 0.717) is 24.5 Å². The summed E-state index contributed by atoms with van der Waals surface area (Å²) in [5.74, 6) is 0.209. The number of nitro benzene ring substituents is 1.